The summed E-state index contributed by atoms with van der Waals surface area (Å²) < 4.78 is 1.76. The van der Waals surface area contributed by atoms with Gasteiger partial charge in [-0.2, -0.15) is 5.10 Å². The molecule has 2 aromatic rings. The molecule has 2 aromatic heterocycles. The van der Waals surface area contributed by atoms with E-state index in [0.717, 1.165) is 35.6 Å². The monoisotopic (exact) mass is 295 g/mol. The highest BCUT2D eigenvalue weighted by Gasteiger charge is 2.21. The van der Waals surface area contributed by atoms with E-state index in [1.54, 1.807) is 4.68 Å². The summed E-state index contributed by atoms with van der Waals surface area (Å²) in [4.78, 5) is 4.53. The lowest BCUT2D eigenvalue weighted by Crippen LogP contribution is -2.04. The Morgan fingerprint density at radius 1 is 1.16 bits per heavy atom. The topological polar surface area (TPSA) is 30.7 Å². The van der Waals surface area contributed by atoms with E-state index in [2.05, 4.69) is 10.1 Å². The molecular weight excluding hydrogens is 281 g/mol. The van der Waals surface area contributed by atoms with E-state index in [9.17, 15) is 0 Å². The summed E-state index contributed by atoms with van der Waals surface area (Å²) in [6.07, 6.45) is 4.39. The maximum Gasteiger partial charge on any atom is 0.158 e. The zero-order valence-electron chi connectivity index (χ0n) is 11.0. The molecule has 0 bridgehead atoms. The van der Waals surface area contributed by atoms with Crippen LogP contribution in [0, 0.1) is 13.8 Å². The van der Waals surface area contributed by atoms with Gasteiger partial charge in [-0.05, 0) is 51.2 Å². The molecule has 0 saturated carbocycles. The summed E-state index contributed by atoms with van der Waals surface area (Å²) in [5.74, 6) is 0.779. The van der Waals surface area contributed by atoms with Crippen LogP contribution in [-0.4, -0.2) is 14.8 Å². The second kappa shape index (κ2) is 4.80. The molecule has 0 radical (unpaired) electrons. The molecule has 0 amide bonds. The van der Waals surface area contributed by atoms with Crippen LogP contribution in [0.1, 0.15) is 35.4 Å². The van der Waals surface area contributed by atoms with Crippen molar-refractivity contribution in [1.29, 1.82) is 0 Å². The lowest BCUT2D eigenvalue weighted by Gasteiger charge is -2.09. The molecule has 0 spiro atoms. The number of aryl methyl sites for hydroxylation is 3. The van der Waals surface area contributed by atoms with Crippen LogP contribution >= 0.6 is 23.2 Å². The molecule has 3 rings (SSSR count). The van der Waals surface area contributed by atoms with E-state index in [1.165, 1.54) is 18.4 Å². The van der Waals surface area contributed by atoms with Crippen molar-refractivity contribution in [3.63, 3.8) is 0 Å². The zero-order valence-corrected chi connectivity index (χ0v) is 12.5. The van der Waals surface area contributed by atoms with Crippen LogP contribution in [0.4, 0.5) is 0 Å². The average Bonchev–Trinajstić information content (AvgIpc) is 2.72. The Morgan fingerprint density at radius 3 is 2.63 bits per heavy atom. The van der Waals surface area contributed by atoms with Crippen LogP contribution in [0.5, 0.6) is 0 Å². The fourth-order valence-electron chi connectivity index (χ4n) is 2.53. The maximum absolute atomic E-state index is 6.47. The van der Waals surface area contributed by atoms with Gasteiger partial charge in [0.15, 0.2) is 5.82 Å². The SMILES string of the molecule is Cc1cc(Cl)c(C)nc1-n1nc2c(c1Cl)CCCC2. The third-order valence-electron chi connectivity index (χ3n) is 3.61. The van der Waals surface area contributed by atoms with E-state index in [-0.39, 0.29) is 0 Å². The predicted octanol–water partition coefficient (Wildman–Crippen LogP) is 4.07. The van der Waals surface area contributed by atoms with Crippen molar-refractivity contribution >= 4 is 23.2 Å². The van der Waals surface area contributed by atoms with Gasteiger partial charge in [0.25, 0.3) is 0 Å². The first-order valence-corrected chi connectivity index (χ1v) is 7.24. The lowest BCUT2D eigenvalue weighted by atomic mass is 9.99. The van der Waals surface area contributed by atoms with Crippen molar-refractivity contribution < 1.29 is 0 Å². The number of nitrogens with zero attached hydrogens (tertiary/aromatic N) is 3. The van der Waals surface area contributed by atoms with Crippen LogP contribution in [0.3, 0.4) is 0 Å². The van der Waals surface area contributed by atoms with Crippen molar-refractivity contribution in [2.75, 3.05) is 0 Å². The lowest BCUT2D eigenvalue weighted by molar-refractivity contribution is 0.670. The first-order chi connectivity index (χ1) is 9.08. The number of fused-ring (bicyclic) bond motifs is 1. The van der Waals surface area contributed by atoms with E-state index >= 15 is 0 Å². The van der Waals surface area contributed by atoms with Gasteiger partial charge in [-0.25, -0.2) is 9.67 Å². The highest BCUT2D eigenvalue weighted by Crippen LogP contribution is 2.30. The third kappa shape index (κ3) is 2.15. The second-order valence-corrected chi connectivity index (χ2v) is 5.80. The van der Waals surface area contributed by atoms with Gasteiger partial charge in [-0.1, -0.05) is 23.2 Å². The van der Waals surface area contributed by atoms with Crippen molar-refractivity contribution in [1.82, 2.24) is 14.8 Å². The van der Waals surface area contributed by atoms with Gasteiger partial charge in [0, 0.05) is 5.56 Å². The minimum absolute atomic E-state index is 0.675. The molecule has 1 aliphatic carbocycles. The summed E-state index contributed by atoms with van der Waals surface area (Å²) in [5, 5.41) is 6.01. The fourth-order valence-corrected chi connectivity index (χ4v) is 3.06. The minimum Gasteiger partial charge on any atom is -0.232 e. The Morgan fingerprint density at radius 2 is 1.89 bits per heavy atom. The first kappa shape index (κ1) is 12.9. The Bertz CT molecular complexity index is 647. The molecule has 0 fully saturated rings. The fraction of sp³-hybridized carbons (Fsp3) is 0.429. The molecule has 0 N–H and O–H groups in total. The van der Waals surface area contributed by atoms with Gasteiger partial charge in [0.05, 0.1) is 16.4 Å². The quantitative estimate of drug-likeness (QED) is 0.794. The van der Waals surface area contributed by atoms with E-state index in [0.29, 0.717) is 10.2 Å². The smallest absolute Gasteiger partial charge is 0.158 e. The Kier molecular flexibility index (Phi) is 3.27. The normalized spacial score (nSPS) is 14.5. The van der Waals surface area contributed by atoms with Crippen molar-refractivity contribution in [3.05, 3.63) is 38.8 Å². The second-order valence-electron chi connectivity index (χ2n) is 5.03. The largest absolute Gasteiger partial charge is 0.232 e. The van der Waals surface area contributed by atoms with Gasteiger partial charge in [0.2, 0.25) is 0 Å². The maximum atomic E-state index is 6.47. The number of hydrogen-bond donors (Lipinski definition) is 0. The summed E-state index contributed by atoms with van der Waals surface area (Å²) in [6, 6.07) is 1.91. The molecule has 0 aromatic carbocycles. The van der Waals surface area contributed by atoms with Crippen LogP contribution in [0.25, 0.3) is 5.82 Å². The van der Waals surface area contributed by atoms with E-state index < -0.39 is 0 Å². The molecule has 0 atom stereocenters. The number of halogens is 2. The standard InChI is InChI=1S/C14H15Cl2N3/c1-8-7-11(15)9(2)17-14(8)19-13(16)10-5-3-4-6-12(10)18-19/h7H,3-6H2,1-2H3. The molecule has 0 aliphatic heterocycles. The van der Waals surface area contributed by atoms with Crippen molar-refractivity contribution in [2.45, 2.75) is 39.5 Å². The van der Waals surface area contributed by atoms with Crippen LogP contribution in [-0.2, 0) is 12.8 Å². The predicted molar refractivity (Wildman–Crippen MR) is 77.5 cm³/mol. The Hall–Kier alpha value is -1.06. The number of rotatable bonds is 1. The molecule has 0 saturated heterocycles. The summed E-state index contributed by atoms with van der Waals surface area (Å²) in [5.41, 5.74) is 4.08. The van der Waals surface area contributed by atoms with Crippen molar-refractivity contribution in [3.8, 4) is 5.82 Å². The highest BCUT2D eigenvalue weighted by molar-refractivity contribution is 6.31. The van der Waals surface area contributed by atoms with Crippen LogP contribution in [0.15, 0.2) is 6.07 Å². The molecule has 3 nitrogen and oxygen atoms in total. The van der Waals surface area contributed by atoms with Gasteiger partial charge in [0.1, 0.15) is 5.15 Å². The van der Waals surface area contributed by atoms with Gasteiger partial charge < -0.3 is 0 Å². The van der Waals surface area contributed by atoms with Gasteiger partial charge >= 0.3 is 0 Å². The van der Waals surface area contributed by atoms with Crippen molar-refractivity contribution in [2.24, 2.45) is 0 Å². The first-order valence-electron chi connectivity index (χ1n) is 6.48. The van der Waals surface area contributed by atoms with Gasteiger partial charge in [-0.3, -0.25) is 0 Å². The summed E-state index contributed by atoms with van der Waals surface area (Å²) in [7, 11) is 0. The number of hydrogen-bond acceptors (Lipinski definition) is 2. The molecule has 19 heavy (non-hydrogen) atoms. The zero-order chi connectivity index (χ0) is 13.6. The molecule has 5 heteroatoms. The molecule has 1 aliphatic rings. The van der Waals surface area contributed by atoms with E-state index in [1.807, 2.05) is 19.9 Å². The van der Waals surface area contributed by atoms with Crippen LogP contribution in [0.2, 0.25) is 10.2 Å². The molecule has 100 valence electrons. The molecule has 0 unspecified atom stereocenters. The third-order valence-corrected chi connectivity index (χ3v) is 4.38. The number of aromatic nitrogens is 3. The molecule has 2 heterocycles. The summed E-state index contributed by atoms with van der Waals surface area (Å²) in [6.45, 7) is 3.87. The average molecular weight is 296 g/mol. The van der Waals surface area contributed by atoms with Gasteiger partial charge in [-0.15, -0.1) is 0 Å². The number of pyridine rings is 1. The molecular formula is C14H15Cl2N3. The Labute approximate surface area is 122 Å². The highest BCUT2D eigenvalue weighted by atomic mass is 35.5. The Balaban J connectivity index is 2.17. The summed E-state index contributed by atoms with van der Waals surface area (Å²) >= 11 is 12.6. The van der Waals surface area contributed by atoms with Crippen LogP contribution < -0.4 is 0 Å². The minimum atomic E-state index is 0.675. The van der Waals surface area contributed by atoms with E-state index in [4.69, 9.17) is 23.2 Å².